The predicted molar refractivity (Wildman–Crippen MR) is 76.8 cm³/mol. The number of ether oxygens (including phenoxy) is 1. The SMILES string of the molecule is CNC(CCC1CCC2(CCCC2)O1)CC(C)C. The van der Waals surface area contributed by atoms with Crippen LogP contribution >= 0.6 is 0 Å². The molecule has 106 valence electrons. The molecule has 1 saturated heterocycles. The summed E-state index contributed by atoms with van der Waals surface area (Å²) in [5.74, 6) is 0.785. The maximum Gasteiger partial charge on any atom is 0.0687 e. The van der Waals surface area contributed by atoms with Gasteiger partial charge in [-0.1, -0.05) is 26.7 Å². The smallest absolute Gasteiger partial charge is 0.0687 e. The van der Waals surface area contributed by atoms with Crippen molar-refractivity contribution in [2.24, 2.45) is 5.92 Å². The summed E-state index contributed by atoms with van der Waals surface area (Å²) in [5.41, 5.74) is 0.317. The fourth-order valence-electron chi connectivity index (χ4n) is 3.82. The van der Waals surface area contributed by atoms with Gasteiger partial charge in [0.15, 0.2) is 0 Å². The molecule has 0 aromatic rings. The molecule has 1 spiro atoms. The molecule has 1 aliphatic carbocycles. The molecular formula is C16H31NO. The molecule has 2 rings (SSSR count). The van der Waals surface area contributed by atoms with E-state index in [4.69, 9.17) is 4.74 Å². The van der Waals surface area contributed by atoms with Crippen molar-refractivity contribution in [2.45, 2.75) is 89.4 Å². The first-order valence-corrected chi connectivity index (χ1v) is 7.99. The highest BCUT2D eigenvalue weighted by molar-refractivity contribution is 4.92. The van der Waals surface area contributed by atoms with E-state index in [1.165, 1.54) is 57.8 Å². The van der Waals surface area contributed by atoms with Crippen LogP contribution < -0.4 is 5.32 Å². The first kappa shape index (κ1) is 14.3. The zero-order valence-corrected chi connectivity index (χ0v) is 12.5. The summed E-state index contributed by atoms with van der Waals surface area (Å²) in [6.07, 6.45) is 12.4. The van der Waals surface area contributed by atoms with E-state index in [9.17, 15) is 0 Å². The van der Waals surface area contributed by atoms with Gasteiger partial charge in [0.25, 0.3) is 0 Å². The Morgan fingerprint density at radius 1 is 1.22 bits per heavy atom. The monoisotopic (exact) mass is 253 g/mol. The van der Waals surface area contributed by atoms with E-state index in [2.05, 4.69) is 26.2 Å². The molecule has 1 aliphatic heterocycles. The Balaban J connectivity index is 1.71. The molecule has 0 aromatic heterocycles. The van der Waals surface area contributed by atoms with Gasteiger partial charge in [-0.25, -0.2) is 0 Å². The van der Waals surface area contributed by atoms with Gasteiger partial charge in [-0.15, -0.1) is 0 Å². The minimum absolute atomic E-state index is 0.317. The molecule has 1 N–H and O–H groups in total. The largest absolute Gasteiger partial charge is 0.372 e. The van der Waals surface area contributed by atoms with E-state index < -0.39 is 0 Å². The van der Waals surface area contributed by atoms with E-state index in [1.807, 2.05) is 0 Å². The predicted octanol–water partition coefficient (Wildman–Crippen LogP) is 3.89. The van der Waals surface area contributed by atoms with Crippen LogP contribution in [0.5, 0.6) is 0 Å². The van der Waals surface area contributed by atoms with Gasteiger partial charge in [0, 0.05) is 6.04 Å². The molecular weight excluding hydrogens is 222 g/mol. The minimum atomic E-state index is 0.317. The Hall–Kier alpha value is -0.0800. The van der Waals surface area contributed by atoms with Crippen molar-refractivity contribution >= 4 is 0 Å². The Bertz CT molecular complexity index is 245. The van der Waals surface area contributed by atoms with Crippen molar-refractivity contribution in [1.29, 1.82) is 0 Å². The topological polar surface area (TPSA) is 21.3 Å². The van der Waals surface area contributed by atoms with Crippen LogP contribution in [0.1, 0.15) is 71.6 Å². The lowest BCUT2D eigenvalue weighted by atomic mass is 9.96. The van der Waals surface area contributed by atoms with Gasteiger partial charge in [-0.05, 0) is 57.9 Å². The summed E-state index contributed by atoms with van der Waals surface area (Å²) in [6, 6.07) is 0.675. The maximum atomic E-state index is 6.38. The van der Waals surface area contributed by atoms with Gasteiger partial charge in [0.2, 0.25) is 0 Å². The van der Waals surface area contributed by atoms with Gasteiger partial charge in [0.05, 0.1) is 11.7 Å². The van der Waals surface area contributed by atoms with Crippen molar-refractivity contribution in [3.63, 3.8) is 0 Å². The van der Waals surface area contributed by atoms with Crippen LogP contribution in [0.25, 0.3) is 0 Å². The van der Waals surface area contributed by atoms with Crippen molar-refractivity contribution in [1.82, 2.24) is 5.32 Å². The quantitative estimate of drug-likeness (QED) is 0.775. The fourth-order valence-corrected chi connectivity index (χ4v) is 3.82. The number of rotatable bonds is 6. The fraction of sp³-hybridized carbons (Fsp3) is 1.00. The molecule has 1 heterocycles. The van der Waals surface area contributed by atoms with E-state index in [-0.39, 0.29) is 0 Å². The number of hydrogen-bond donors (Lipinski definition) is 1. The lowest BCUT2D eigenvalue weighted by molar-refractivity contribution is -0.0402. The number of nitrogens with one attached hydrogen (secondary N) is 1. The molecule has 0 aromatic carbocycles. The average Bonchev–Trinajstić information content (AvgIpc) is 2.95. The van der Waals surface area contributed by atoms with Crippen molar-refractivity contribution in [3.8, 4) is 0 Å². The molecule has 2 heteroatoms. The van der Waals surface area contributed by atoms with E-state index in [0.29, 0.717) is 17.7 Å². The molecule has 2 unspecified atom stereocenters. The van der Waals surface area contributed by atoms with Crippen LogP contribution in [0, 0.1) is 5.92 Å². The highest BCUT2D eigenvalue weighted by Gasteiger charge is 2.41. The molecule has 2 nitrogen and oxygen atoms in total. The van der Waals surface area contributed by atoms with E-state index in [0.717, 1.165) is 5.92 Å². The Morgan fingerprint density at radius 2 is 1.94 bits per heavy atom. The standard InChI is InChI=1S/C16H31NO/c1-13(2)12-14(17-3)6-7-15-8-11-16(18-15)9-4-5-10-16/h13-15,17H,4-12H2,1-3H3. The van der Waals surface area contributed by atoms with Crippen LogP contribution in [0.15, 0.2) is 0 Å². The Kier molecular flexibility index (Phi) is 5.08. The Morgan fingerprint density at radius 3 is 2.56 bits per heavy atom. The lowest BCUT2D eigenvalue weighted by Crippen LogP contribution is -2.29. The summed E-state index contributed by atoms with van der Waals surface area (Å²) in [4.78, 5) is 0. The lowest BCUT2D eigenvalue weighted by Gasteiger charge is -2.25. The third kappa shape index (κ3) is 3.71. The minimum Gasteiger partial charge on any atom is -0.372 e. The summed E-state index contributed by atoms with van der Waals surface area (Å²) in [6.45, 7) is 4.62. The molecule has 0 amide bonds. The van der Waals surface area contributed by atoms with Crippen molar-refractivity contribution in [3.05, 3.63) is 0 Å². The maximum absolute atomic E-state index is 6.38. The third-order valence-electron chi connectivity index (χ3n) is 4.85. The summed E-state index contributed by atoms with van der Waals surface area (Å²) < 4.78 is 6.38. The van der Waals surface area contributed by atoms with Crippen LogP contribution in [0.4, 0.5) is 0 Å². The van der Waals surface area contributed by atoms with Crippen LogP contribution in [0.3, 0.4) is 0 Å². The van der Waals surface area contributed by atoms with E-state index in [1.54, 1.807) is 0 Å². The van der Waals surface area contributed by atoms with Crippen LogP contribution in [-0.2, 0) is 4.74 Å². The summed E-state index contributed by atoms with van der Waals surface area (Å²) in [5, 5.41) is 3.46. The molecule has 0 bridgehead atoms. The first-order valence-electron chi connectivity index (χ1n) is 7.99. The highest BCUT2D eigenvalue weighted by Crippen LogP contribution is 2.44. The molecule has 0 radical (unpaired) electrons. The third-order valence-corrected chi connectivity index (χ3v) is 4.85. The van der Waals surface area contributed by atoms with Gasteiger partial charge in [-0.2, -0.15) is 0 Å². The molecule has 2 fully saturated rings. The van der Waals surface area contributed by atoms with Gasteiger partial charge in [0.1, 0.15) is 0 Å². The zero-order chi connectivity index (χ0) is 13.0. The average molecular weight is 253 g/mol. The van der Waals surface area contributed by atoms with Gasteiger partial charge >= 0.3 is 0 Å². The van der Waals surface area contributed by atoms with Crippen LogP contribution in [0.2, 0.25) is 0 Å². The normalized spacial score (nSPS) is 28.3. The number of hydrogen-bond acceptors (Lipinski definition) is 2. The first-order chi connectivity index (χ1) is 8.63. The van der Waals surface area contributed by atoms with Gasteiger partial charge < -0.3 is 10.1 Å². The second-order valence-electron chi connectivity index (χ2n) is 6.86. The van der Waals surface area contributed by atoms with E-state index >= 15 is 0 Å². The van der Waals surface area contributed by atoms with Crippen molar-refractivity contribution in [2.75, 3.05) is 7.05 Å². The van der Waals surface area contributed by atoms with Crippen LogP contribution in [-0.4, -0.2) is 24.8 Å². The summed E-state index contributed by atoms with van der Waals surface area (Å²) in [7, 11) is 2.10. The molecule has 18 heavy (non-hydrogen) atoms. The Labute approximate surface area is 113 Å². The molecule has 2 aliphatic rings. The highest BCUT2D eigenvalue weighted by atomic mass is 16.5. The second-order valence-corrected chi connectivity index (χ2v) is 6.86. The zero-order valence-electron chi connectivity index (χ0n) is 12.5. The molecule has 1 saturated carbocycles. The van der Waals surface area contributed by atoms with Crippen molar-refractivity contribution < 1.29 is 4.74 Å². The summed E-state index contributed by atoms with van der Waals surface area (Å²) >= 11 is 0. The molecule has 2 atom stereocenters. The second kappa shape index (κ2) is 6.38. The van der Waals surface area contributed by atoms with Gasteiger partial charge in [-0.3, -0.25) is 0 Å².